The van der Waals surface area contributed by atoms with Gasteiger partial charge in [-0.1, -0.05) is 39.0 Å². The molecule has 0 spiro atoms. The van der Waals surface area contributed by atoms with Crippen molar-refractivity contribution in [3.8, 4) is 0 Å². The van der Waals surface area contributed by atoms with Crippen molar-refractivity contribution in [1.82, 2.24) is 0 Å². The van der Waals surface area contributed by atoms with Gasteiger partial charge in [0.25, 0.3) is 0 Å². The van der Waals surface area contributed by atoms with E-state index in [9.17, 15) is 0 Å². The van der Waals surface area contributed by atoms with Crippen LogP contribution in [0.2, 0.25) is 0 Å². The molecule has 0 radical (unpaired) electrons. The van der Waals surface area contributed by atoms with E-state index < -0.39 is 0 Å². The Kier molecular flexibility index (Phi) is 1.72. The first-order valence-electron chi connectivity index (χ1n) is 3.43. The maximum Gasteiger partial charge on any atom is 0 e. The van der Waals surface area contributed by atoms with Gasteiger partial charge in [0.05, 0.1) is 0 Å². The Labute approximate surface area is 47.4 Å². The second kappa shape index (κ2) is 2.34. The molecule has 0 amide bonds. The molecule has 0 nitrogen and oxygen atoms in total. The molecule has 0 aromatic rings. The molecule has 1 aliphatic carbocycles. The smallest absolute Gasteiger partial charge is 0 e. The van der Waals surface area contributed by atoms with E-state index in [0.717, 1.165) is 5.92 Å². The molecule has 0 aromatic heterocycles. The van der Waals surface area contributed by atoms with E-state index in [1.165, 1.54) is 32.1 Å². The molecule has 0 aromatic carbocycles. The van der Waals surface area contributed by atoms with Crippen LogP contribution >= 0.6 is 0 Å². The summed E-state index contributed by atoms with van der Waals surface area (Å²) in [6, 6.07) is 0. The molecule has 0 heterocycles. The summed E-state index contributed by atoms with van der Waals surface area (Å²) >= 11 is 0. The predicted octanol–water partition coefficient (Wildman–Crippen LogP) is 2.83. The maximum absolute atomic E-state index is 2.28. The van der Waals surface area contributed by atoms with Crippen molar-refractivity contribution < 1.29 is 1.43 Å². The lowest BCUT2D eigenvalue weighted by atomic mass is 9.82. The van der Waals surface area contributed by atoms with Crippen molar-refractivity contribution in [2.24, 2.45) is 5.92 Å². The van der Waals surface area contributed by atoms with E-state index >= 15 is 0 Å². The van der Waals surface area contributed by atoms with Crippen molar-refractivity contribution in [1.29, 1.82) is 0 Å². The summed E-state index contributed by atoms with van der Waals surface area (Å²) < 4.78 is 0. The van der Waals surface area contributed by atoms with E-state index in [4.69, 9.17) is 0 Å². The third kappa shape index (κ3) is 1.19. The Balaban J connectivity index is 0.000000490. The molecule has 1 fully saturated rings. The standard InChI is InChI=1S/C7H14.H2/c1-2-4-7-5-3-6-7;/h7H,2-6H2,1H3;1H. The highest BCUT2D eigenvalue weighted by Crippen LogP contribution is 2.29. The molecule has 1 saturated carbocycles. The van der Waals surface area contributed by atoms with E-state index in [2.05, 4.69) is 6.92 Å². The first-order valence-corrected chi connectivity index (χ1v) is 3.43. The highest BCUT2D eigenvalue weighted by molar-refractivity contribution is 4.67. The molecule has 0 N–H and O–H groups in total. The van der Waals surface area contributed by atoms with Crippen LogP contribution in [0.25, 0.3) is 0 Å². The molecule has 44 valence electrons. The average molecular weight is 100 g/mol. The van der Waals surface area contributed by atoms with Crippen molar-refractivity contribution in [3.63, 3.8) is 0 Å². The van der Waals surface area contributed by atoms with Crippen molar-refractivity contribution in [3.05, 3.63) is 0 Å². The lowest BCUT2D eigenvalue weighted by Gasteiger charge is -2.24. The van der Waals surface area contributed by atoms with Crippen LogP contribution in [0.4, 0.5) is 0 Å². The quantitative estimate of drug-likeness (QED) is 0.500. The van der Waals surface area contributed by atoms with Gasteiger partial charge in [0.15, 0.2) is 0 Å². The molecular formula is C7H16. The highest BCUT2D eigenvalue weighted by Gasteiger charge is 2.14. The summed E-state index contributed by atoms with van der Waals surface area (Å²) in [4.78, 5) is 0. The van der Waals surface area contributed by atoms with Crippen LogP contribution in [0.5, 0.6) is 0 Å². The molecule has 0 heteroatoms. The molecular weight excluding hydrogens is 84.1 g/mol. The monoisotopic (exact) mass is 100 g/mol. The number of hydrogen-bond donors (Lipinski definition) is 0. The molecule has 0 aliphatic heterocycles. The minimum Gasteiger partial charge on any atom is -0.0654 e. The van der Waals surface area contributed by atoms with Gasteiger partial charge < -0.3 is 0 Å². The third-order valence-corrected chi connectivity index (χ3v) is 1.92. The van der Waals surface area contributed by atoms with Crippen molar-refractivity contribution in [2.45, 2.75) is 39.0 Å². The van der Waals surface area contributed by atoms with Gasteiger partial charge in [-0.15, -0.1) is 0 Å². The van der Waals surface area contributed by atoms with Crippen molar-refractivity contribution in [2.75, 3.05) is 0 Å². The second-order valence-electron chi connectivity index (χ2n) is 2.59. The van der Waals surface area contributed by atoms with Crippen LogP contribution in [-0.4, -0.2) is 0 Å². The highest BCUT2D eigenvalue weighted by atomic mass is 14.2. The fourth-order valence-corrected chi connectivity index (χ4v) is 1.19. The number of hydrogen-bond acceptors (Lipinski definition) is 0. The first-order chi connectivity index (χ1) is 3.43. The lowest BCUT2D eigenvalue weighted by molar-refractivity contribution is 0.294. The Hall–Kier alpha value is 0. The predicted molar refractivity (Wildman–Crippen MR) is 34.4 cm³/mol. The fourth-order valence-electron chi connectivity index (χ4n) is 1.19. The van der Waals surface area contributed by atoms with Crippen LogP contribution in [0, 0.1) is 5.92 Å². The summed E-state index contributed by atoms with van der Waals surface area (Å²) in [5.41, 5.74) is 0. The molecule has 7 heavy (non-hydrogen) atoms. The minimum atomic E-state index is 0. The van der Waals surface area contributed by atoms with Crippen LogP contribution in [0.1, 0.15) is 40.5 Å². The molecule has 0 bridgehead atoms. The van der Waals surface area contributed by atoms with Gasteiger partial charge in [0, 0.05) is 1.43 Å². The zero-order valence-corrected chi connectivity index (χ0v) is 5.11. The van der Waals surface area contributed by atoms with E-state index in [1.54, 1.807) is 0 Å². The van der Waals surface area contributed by atoms with Gasteiger partial charge in [-0.25, -0.2) is 0 Å². The van der Waals surface area contributed by atoms with E-state index in [-0.39, 0.29) is 1.43 Å². The summed E-state index contributed by atoms with van der Waals surface area (Å²) in [5.74, 6) is 1.13. The Morgan fingerprint density at radius 3 is 2.43 bits per heavy atom. The third-order valence-electron chi connectivity index (χ3n) is 1.92. The van der Waals surface area contributed by atoms with Crippen LogP contribution in [-0.2, 0) is 0 Å². The Bertz CT molecular complexity index is 48.3. The zero-order valence-electron chi connectivity index (χ0n) is 5.11. The van der Waals surface area contributed by atoms with E-state index in [0.29, 0.717) is 0 Å². The SMILES string of the molecule is CCCC1CCC1.[HH]. The molecule has 0 saturated heterocycles. The topological polar surface area (TPSA) is 0 Å². The zero-order chi connectivity index (χ0) is 5.11. The van der Waals surface area contributed by atoms with Gasteiger partial charge in [-0.05, 0) is 5.92 Å². The summed E-state index contributed by atoms with van der Waals surface area (Å²) in [6.07, 6.45) is 7.43. The first kappa shape index (κ1) is 5.14. The van der Waals surface area contributed by atoms with Gasteiger partial charge >= 0.3 is 0 Å². The van der Waals surface area contributed by atoms with Crippen LogP contribution in [0.15, 0.2) is 0 Å². The normalized spacial score (nSPS) is 21.9. The Morgan fingerprint density at radius 1 is 1.57 bits per heavy atom. The lowest BCUT2D eigenvalue weighted by Crippen LogP contribution is -2.09. The summed E-state index contributed by atoms with van der Waals surface area (Å²) in [5, 5.41) is 0. The van der Waals surface area contributed by atoms with Gasteiger partial charge in [0.2, 0.25) is 0 Å². The fraction of sp³-hybridized carbons (Fsp3) is 1.00. The Morgan fingerprint density at radius 2 is 2.29 bits per heavy atom. The van der Waals surface area contributed by atoms with Gasteiger partial charge in [0.1, 0.15) is 0 Å². The molecule has 0 atom stereocenters. The molecule has 0 unspecified atom stereocenters. The van der Waals surface area contributed by atoms with Gasteiger partial charge in [-0.2, -0.15) is 0 Å². The summed E-state index contributed by atoms with van der Waals surface area (Å²) in [7, 11) is 0. The minimum absolute atomic E-state index is 0. The maximum atomic E-state index is 2.28. The molecule has 1 aliphatic rings. The largest absolute Gasteiger partial charge is 0.0654 e. The van der Waals surface area contributed by atoms with Crippen LogP contribution in [0.3, 0.4) is 0 Å². The summed E-state index contributed by atoms with van der Waals surface area (Å²) in [6.45, 7) is 2.28. The van der Waals surface area contributed by atoms with E-state index in [1.807, 2.05) is 0 Å². The van der Waals surface area contributed by atoms with Gasteiger partial charge in [-0.3, -0.25) is 0 Å². The number of rotatable bonds is 2. The van der Waals surface area contributed by atoms with Crippen molar-refractivity contribution >= 4 is 0 Å². The van der Waals surface area contributed by atoms with Crippen LogP contribution < -0.4 is 0 Å². The second-order valence-corrected chi connectivity index (χ2v) is 2.59. The molecule has 1 rings (SSSR count). The average Bonchev–Trinajstić information content (AvgIpc) is 1.55.